The lowest BCUT2D eigenvalue weighted by Crippen LogP contribution is -2.27. The van der Waals surface area contributed by atoms with Crippen molar-refractivity contribution in [3.8, 4) is 11.3 Å². The number of nitrogens with zero attached hydrogens (tertiary/aromatic N) is 3. The summed E-state index contributed by atoms with van der Waals surface area (Å²) in [6.07, 6.45) is 1.87. The number of aliphatic hydroxyl groups excluding tert-OH is 1. The molecule has 2 N–H and O–H groups in total. The quantitative estimate of drug-likeness (QED) is 0.749. The van der Waals surface area contributed by atoms with Crippen molar-refractivity contribution in [1.82, 2.24) is 20.3 Å². The largest absolute Gasteiger partial charge is 0.394 e. The van der Waals surface area contributed by atoms with Gasteiger partial charge in [0.15, 0.2) is 0 Å². The molecule has 0 aliphatic heterocycles. The molecule has 7 heteroatoms. The first-order chi connectivity index (χ1) is 11.4. The molecular weight excluding hydrogens is 308 g/mol. The smallest absolute Gasteiger partial charge is 0.251 e. The van der Waals surface area contributed by atoms with Crippen LogP contribution >= 0.6 is 0 Å². The molecule has 0 radical (unpaired) electrons. The molecular formula is C17H24N4O3. The molecule has 2 rings (SSSR count). The Hall–Kier alpha value is -2.25. The second-order valence-corrected chi connectivity index (χ2v) is 6.39. The van der Waals surface area contributed by atoms with E-state index in [1.807, 2.05) is 39.1 Å². The first-order valence-corrected chi connectivity index (χ1v) is 7.92. The zero-order valence-electron chi connectivity index (χ0n) is 14.3. The summed E-state index contributed by atoms with van der Waals surface area (Å²) in [5.74, 6) is -0.173. The Morgan fingerprint density at radius 3 is 2.79 bits per heavy atom. The SMILES string of the molecule is CC(C)(C)n1cc(-c2cccc(C(=O)NCCOCCO)c2)nn1. The Bertz CT molecular complexity index is 676. The normalized spacial score (nSPS) is 11.5. The Labute approximate surface area is 141 Å². The standard InChI is InChI=1S/C17H24N4O3/c1-17(2,3)21-12-15(19-20-21)13-5-4-6-14(11-13)16(23)18-7-9-24-10-8-22/h4-6,11-12,22H,7-10H2,1-3H3,(H,18,23). The molecule has 0 atom stereocenters. The third-order valence-corrected chi connectivity index (χ3v) is 3.37. The second-order valence-electron chi connectivity index (χ2n) is 6.39. The second kappa shape index (κ2) is 8.03. The first kappa shape index (κ1) is 18.1. The van der Waals surface area contributed by atoms with E-state index >= 15 is 0 Å². The molecule has 0 fully saturated rings. The van der Waals surface area contributed by atoms with Gasteiger partial charge in [0, 0.05) is 17.7 Å². The molecule has 24 heavy (non-hydrogen) atoms. The average Bonchev–Trinajstić information content (AvgIpc) is 3.05. The van der Waals surface area contributed by atoms with E-state index in [-0.39, 0.29) is 24.7 Å². The highest BCUT2D eigenvalue weighted by Crippen LogP contribution is 2.20. The third kappa shape index (κ3) is 4.87. The van der Waals surface area contributed by atoms with Gasteiger partial charge < -0.3 is 15.2 Å². The first-order valence-electron chi connectivity index (χ1n) is 7.92. The van der Waals surface area contributed by atoms with Crippen molar-refractivity contribution in [3.63, 3.8) is 0 Å². The molecule has 1 aromatic carbocycles. The van der Waals surface area contributed by atoms with Gasteiger partial charge in [-0.3, -0.25) is 4.79 Å². The number of nitrogens with one attached hydrogen (secondary N) is 1. The molecule has 0 unspecified atom stereocenters. The van der Waals surface area contributed by atoms with Crippen LogP contribution in [0.3, 0.4) is 0 Å². The van der Waals surface area contributed by atoms with Crippen LogP contribution in [0.1, 0.15) is 31.1 Å². The number of amides is 1. The molecule has 1 amide bonds. The molecule has 0 aliphatic carbocycles. The van der Waals surface area contributed by atoms with Crippen molar-refractivity contribution in [2.24, 2.45) is 0 Å². The number of rotatable bonds is 7. The minimum Gasteiger partial charge on any atom is -0.394 e. The lowest BCUT2D eigenvalue weighted by atomic mass is 10.1. The van der Waals surface area contributed by atoms with Crippen LogP contribution in [-0.4, -0.2) is 52.4 Å². The van der Waals surface area contributed by atoms with E-state index < -0.39 is 0 Å². The summed E-state index contributed by atoms with van der Waals surface area (Å²) < 4.78 is 6.91. The zero-order valence-corrected chi connectivity index (χ0v) is 14.3. The van der Waals surface area contributed by atoms with Gasteiger partial charge in [-0.2, -0.15) is 0 Å². The van der Waals surface area contributed by atoms with E-state index in [9.17, 15) is 4.79 Å². The van der Waals surface area contributed by atoms with Crippen molar-refractivity contribution in [3.05, 3.63) is 36.0 Å². The van der Waals surface area contributed by atoms with Crippen LogP contribution in [0.4, 0.5) is 0 Å². The summed E-state index contributed by atoms with van der Waals surface area (Å²) in [4.78, 5) is 12.2. The van der Waals surface area contributed by atoms with Gasteiger partial charge in [0.2, 0.25) is 0 Å². The van der Waals surface area contributed by atoms with Crippen LogP contribution in [0.2, 0.25) is 0 Å². The van der Waals surface area contributed by atoms with E-state index in [2.05, 4.69) is 15.6 Å². The lowest BCUT2D eigenvalue weighted by molar-refractivity contribution is 0.0838. The summed E-state index contributed by atoms with van der Waals surface area (Å²) in [5.41, 5.74) is 1.98. The maximum atomic E-state index is 12.2. The van der Waals surface area contributed by atoms with Crippen LogP contribution in [0, 0.1) is 0 Å². The summed E-state index contributed by atoms with van der Waals surface area (Å²) in [5, 5.41) is 19.7. The topological polar surface area (TPSA) is 89.3 Å². The van der Waals surface area contributed by atoms with Gasteiger partial charge in [-0.1, -0.05) is 17.3 Å². The number of hydrogen-bond acceptors (Lipinski definition) is 5. The van der Waals surface area contributed by atoms with E-state index in [0.29, 0.717) is 18.7 Å². The number of carbonyl (C=O) groups excluding carboxylic acids is 1. The van der Waals surface area contributed by atoms with Crippen molar-refractivity contribution in [2.75, 3.05) is 26.4 Å². The molecule has 1 aromatic heterocycles. The summed E-state index contributed by atoms with van der Waals surface area (Å²) in [6.45, 7) is 7.16. The monoisotopic (exact) mass is 332 g/mol. The van der Waals surface area contributed by atoms with E-state index in [4.69, 9.17) is 9.84 Å². The average molecular weight is 332 g/mol. The fourth-order valence-corrected chi connectivity index (χ4v) is 2.05. The molecule has 0 spiro atoms. The van der Waals surface area contributed by atoms with Gasteiger partial charge in [-0.15, -0.1) is 5.10 Å². The molecule has 0 saturated heterocycles. The van der Waals surface area contributed by atoms with E-state index in [1.54, 1.807) is 16.8 Å². The predicted octanol–water partition coefficient (Wildman–Crippen LogP) is 1.44. The van der Waals surface area contributed by atoms with Crippen molar-refractivity contribution in [2.45, 2.75) is 26.3 Å². The van der Waals surface area contributed by atoms with Gasteiger partial charge in [0.05, 0.1) is 31.6 Å². The number of benzene rings is 1. The van der Waals surface area contributed by atoms with Gasteiger partial charge in [0.1, 0.15) is 5.69 Å². The van der Waals surface area contributed by atoms with Crippen LogP contribution in [0.15, 0.2) is 30.5 Å². The number of carbonyl (C=O) groups is 1. The Morgan fingerprint density at radius 2 is 2.12 bits per heavy atom. The van der Waals surface area contributed by atoms with Crippen LogP contribution in [0.25, 0.3) is 11.3 Å². The molecule has 130 valence electrons. The predicted molar refractivity (Wildman–Crippen MR) is 90.7 cm³/mol. The highest BCUT2D eigenvalue weighted by Gasteiger charge is 2.16. The van der Waals surface area contributed by atoms with Gasteiger partial charge in [0.25, 0.3) is 5.91 Å². The fourth-order valence-electron chi connectivity index (χ4n) is 2.05. The third-order valence-electron chi connectivity index (χ3n) is 3.37. The Morgan fingerprint density at radius 1 is 1.33 bits per heavy atom. The molecule has 2 aromatic rings. The van der Waals surface area contributed by atoms with Crippen LogP contribution in [0.5, 0.6) is 0 Å². The maximum Gasteiger partial charge on any atom is 0.251 e. The minimum absolute atomic E-state index is 0.0226. The van der Waals surface area contributed by atoms with Crippen LogP contribution < -0.4 is 5.32 Å². The molecule has 0 saturated carbocycles. The van der Waals surface area contributed by atoms with E-state index in [0.717, 1.165) is 11.3 Å². The van der Waals surface area contributed by atoms with Crippen molar-refractivity contribution >= 4 is 5.91 Å². The fraction of sp³-hybridized carbons (Fsp3) is 0.471. The van der Waals surface area contributed by atoms with Gasteiger partial charge >= 0.3 is 0 Å². The minimum atomic E-state index is -0.173. The van der Waals surface area contributed by atoms with E-state index in [1.165, 1.54) is 0 Å². The number of ether oxygens (including phenoxy) is 1. The maximum absolute atomic E-state index is 12.2. The van der Waals surface area contributed by atoms with Crippen molar-refractivity contribution < 1.29 is 14.6 Å². The Balaban J connectivity index is 2.03. The number of hydrogen-bond donors (Lipinski definition) is 2. The number of aliphatic hydroxyl groups is 1. The van der Waals surface area contributed by atoms with Gasteiger partial charge in [-0.25, -0.2) is 4.68 Å². The Kier molecular flexibility index (Phi) is 6.05. The molecule has 0 aliphatic rings. The number of aromatic nitrogens is 3. The zero-order chi connectivity index (χ0) is 17.6. The molecule has 1 heterocycles. The highest BCUT2D eigenvalue weighted by molar-refractivity contribution is 5.95. The lowest BCUT2D eigenvalue weighted by Gasteiger charge is -2.17. The highest BCUT2D eigenvalue weighted by atomic mass is 16.5. The summed E-state index contributed by atoms with van der Waals surface area (Å²) in [7, 11) is 0. The van der Waals surface area contributed by atoms with Crippen molar-refractivity contribution in [1.29, 1.82) is 0 Å². The summed E-state index contributed by atoms with van der Waals surface area (Å²) >= 11 is 0. The molecule has 0 bridgehead atoms. The summed E-state index contributed by atoms with van der Waals surface area (Å²) in [6, 6.07) is 7.27. The van der Waals surface area contributed by atoms with Gasteiger partial charge in [-0.05, 0) is 32.9 Å². The van der Waals surface area contributed by atoms with Crippen LogP contribution in [-0.2, 0) is 10.3 Å². The molecule has 7 nitrogen and oxygen atoms in total.